The van der Waals surface area contributed by atoms with Crippen molar-refractivity contribution in [2.75, 3.05) is 23.7 Å². The first kappa shape index (κ1) is 15.2. The predicted octanol–water partition coefficient (Wildman–Crippen LogP) is 3.48. The number of nitrogens with zero attached hydrogens (tertiary/aromatic N) is 2. The van der Waals surface area contributed by atoms with Gasteiger partial charge >= 0.3 is 5.17 Å². The molecule has 0 saturated carbocycles. The number of thiophene rings is 1. The molecule has 23 heavy (non-hydrogen) atoms. The molecule has 4 rings (SSSR count). The van der Waals surface area contributed by atoms with Crippen LogP contribution in [0.5, 0.6) is 0 Å². The molecule has 1 aromatic heterocycles. The van der Waals surface area contributed by atoms with Crippen molar-refractivity contribution in [2.24, 2.45) is 0 Å². The fourth-order valence-electron chi connectivity index (χ4n) is 3.33. The quantitative estimate of drug-likeness (QED) is 0.863. The number of rotatable bonds is 3. The Hall–Kier alpha value is -1.30. The lowest BCUT2D eigenvalue weighted by molar-refractivity contribution is -0.655. The molecule has 1 N–H and O–H groups in total. The lowest BCUT2D eigenvalue weighted by Gasteiger charge is -2.22. The van der Waals surface area contributed by atoms with E-state index in [1.165, 1.54) is 16.4 Å². The Morgan fingerprint density at radius 2 is 2.09 bits per heavy atom. The molecule has 0 saturated heterocycles. The van der Waals surface area contributed by atoms with Gasteiger partial charge in [-0.05, 0) is 53.7 Å². The van der Waals surface area contributed by atoms with Gasteiger partial charge < -0.3 is 5.11 Å². The summed E-state index contributed by atoms with van der Waals surface area (Å²) in [5, 5.41) is 14.7. The Balaban J connectivity index is 1.75. The summed E-state index contributed by atoms with van der Waals surface area (Å²) in [5.41, 5.74) is 1.61. The van der Waals surface area contributed by atoms with E-state index in [1.54, 1.807) is 11.3 Å². The summed E-state index contributed by atoms with van der Waals surface area (Å²) >= 11 is 3.50. The lowest BCUT2D eigenvalue weighted by Crippen LogP contribution is -2.40. The molecule has 0 unspecified atom stereocenters. The average molecular weight is 346 g/mol. The van der Waals surface area contributed by atoms with E-state index in [0.717, 1.165) is 30.0 Å². The van der Waals surface area contributed by atoms with E-state index >= 15 is 0 Å². The predicted molar refractivity (Wildman–Crippen MR) is 98.6 cm³/mol. The Morgan fingerprint density at radius 1 is 1.26 bits per heavy atom. The minimum absolute atomic E-state index is 0.599. The Labute approximate surface area is 145 Å². The summed E-state index contributed by atoms with van der Waals surface area (Å²) in [7, 11) is 0. The smallest absolute Gasteiger partial charge is 0.316 e. The van der Waals surface area contributed by atoms with Gasteiger partial charge in [-0.3, -0.25) is 0 Å². The molecular formula is C18H21N2OS2+. The molecule has 3 nitrogen and oxygen atoms in total. The lowest BCUT2D eigenvalue weighted by atomic mass is 10.1. The second-order valence-electron chi connectivity index (χ2n) is 6.04. The van der Waals surface area contributed by atoms with Gasteiger partial charge in [-0.1, -0.05) is 25.1 Å². The Bertz CT molecular complexity index is 724. The number of aryl methyl sites for hydroxylation is 1. The van der Waals surface area contributed by atoms with Crippen LogP contribution in [0.1, 0.15) is 23.8 Å². The monoisotopic (exact) mass is 345 g/mol. The van der Waals surface area contributed by atoms with Crippen molar-refractivity contribution in [3.05, 3.63) is 52.2 Å². The van der Waals surface area contributed by atoms with Crippen molar-refractivity contribution in [3.63, 3.8) is 0 Å². The van der Waals surface area contributed by atoms with Crippen LogP contribution in [0.3, 0.4) is 0 Å². The molecule has 1 aromatic carbocycles. The number of thioether (sulfide) groups is 1. The van der Waals surface area contributed by atoms with E-state index in [2.05, 4.69) is 40.7 Å². The number of β-amino-alcohol motifs (C(OH)–C–C–N with tert-alkyl or cyclic N) is 1. The normalized spacial score (nSPS) is 24.2. The number of hydrogen-bond acceptors (Lipinski definition) is 4. The topological polar surface area (TPSA) is 26.5 Å². The molecule has 3 heterocycles. The zero-order chi connectivity index (χ0) is 15.9. The van der Waals surface area contributed by atoms with Gasteiger partial charge in [-0.15, -0.1) is 11.3 Å². The molecule has 0 aliphatic carbocycles. The number of hydrogen-bond donors (Lipinski definition) is 1. The van der Waals surface area contributed by atoms with Crippen LogP contribution in [0.2, 0.25) is 0 Å². The number of aliphatic hydroxyl groups is 1. The van der Waals surface area contributed by atoms with Gasteiger partial charge in [0.25, 0.3) is 5.72 Å². The Morgan fingerprint density at radius 3 is 2.78 bits per heavy atom. The van der Waals surface area contributed by atoms with Crippen LogP contribution >= 0.6 is 23.1 Å². The van der Waals surface area contributed by atoms with Gasteiger partial charge in [0.15, 0.2) is 6.54 Å². The van der Waals surface area contributed by atoms with Crippen LogP contribution in [0.15, 0.2) is 41.8 Å². The maximum absolute atomic E-state index is 11.4. The van der Waals surface area contributed by atoms with E-state index in [0.29, 0.717) is 6.54 Å². The molecule has 0 radical (unpaired) electrons. The summed E-state index contributed by atoms with van der Waals surface area (Å²) in [6.07, 6.45) is 2.17. The average Bonchev–Trinajstić information content (AvgIpc) is 3.23. The third-order valence-corrected chi connectivity index (χ3v) is 6.82. The van der Waals surface area contributed by atoms with Crippen LogP contribution in [-0.4, -0.2) is 33.7 Å². The van der Waals surface area contributed by atoms with Gasteiger partial charge in [0.1, 0.15) is 5.69 Å². The largest absolute Gasteiger partial charge is 0.346 e. The van der Waals surface area contributed by atoms with E-state index in [9.17, 15) is 5.11 Å². The van der Waals surface area contributed by atoms with E-state index in [4.69, 9.17) is 0 Å². The molecule has 0 bridgehead atoms. The minimum atomic E-state index is -0.902. The Kier molecular flexibility index (Phi) is 3.95. The molecule has 2 aliphatic heterocycles. The maximum Gasteiger partial charge on any atom is 0.316 e. The van der Waals surface area contributed by atoms with Gasteiger partial charge in [0.2, 0.25) is 0 Å². The van der Waals surface area contributed by atoms with E-state index in [1.807, 2.05) is 29.3 Å². The number of anilines is 1. The van der Waals surface area contributed by atoms with Crippen molar-refractivity contribution in [2.45, 2.75) is 25.5 Å². The fraction of sp³-hybridized carbons (Fsp3) is 0.389. The van der Waals surface area contributed by atoms with E-state index in [-0.39, 0.29) is 0 Å². The van der Waals surface area contributed by atoms with Crippen LogP contribution in [0.4, 0.5) is 5.69 Å². The van der Waals surface area contributed by atoms with Gasteiger partial charge in [-0.25, -0.2) is 9.48 Å². The van der Waals surface area contributed by atoms with Crippen molar-refractivity contribution in [3.8, 4) is 0 Å². The van der Waals surface area contributed by atoms with Crippen LogP contribution in [0.25, 0.3) is 0 Å². The first-order valence-electron chi connectivity index (χ1n) is 8.12. The number of amidine groups is 1. The number of benzene rings is 1. The second-order valence-corrected chi connectivity index (χ2v) is 8.05. The third kappa shape index (κ3) is 2.51. The van der Waals surface area contributed by atoms with Crippen molar-refractivity contribution >= 4 is 34.0 Å². The van der Waals surface area contributed by atoms with Crippen LogP contribution in [0, 0.1) is 0 Å². The molecule has 0 fully saturated rings. The van der Waals surface area contributed by atoms with Crippen molar-refractivity contribution in [1.82, 2.24) is 0 Å². The highest BCUT2D eigenvalue weighted by atomic mass is 32.2. The summed E-state index contributed by atoms with van der Waals surface area (Å²) in [6, 6.07) is 12.8. The van der Waals surface area contributed by atoms with Gasteiger partial charge in [0.05, 0.1) is 11.4 Å². The SMILES string of the molecule is CCc1ccc(N2C[C@](O)(c3cccs3)[N+]3=C2SCCC3)cc1. The molecule has 2 aromatic rings. The molecule has 0 spiro atoms. The molecule has 5 heteroatoms. The highest BCUT2D eigenvalue weighted by Crippen LogP contribution is 2.39. The molecule has 0 amide bonds. The summed E-state index contributed by atoms with van der Waals surface area (Å²) in [5.74, 6) is 1.12. The maximum atomic E-state index is 11.4. The van der Waals surface area contributed by atoms with Gasteiger partial charge in [0, 0.05) is 5.75 Å². The van der Waals surface area contributed by atoms with Crippen LogP contribution < -0.4 is 4.90 Å². The first-order chi connectivity index (χ1) is 11.2. The standard InChI is InChI=1S/C18H21N2OS2/c1-2-14-6-8-15(9-7-14)19-13-18(21,16-5-3-11-22-16)20-10-4-12-23-17(19)20/h3,5-9,11,21H,2,4,10,12-13H2,1H3/q+1/t18-/m0/s1. The fourth-order valence-corrected chi connectivity index (χ4v) is 5.33. The van der Waals surface area contributed by atoms with E-state index < -0.39 is 5.72 Å². The zero-order valence-corrected chi connectivity index (χ0v) is 14.9. The highest BCUT2D eigenvalue weighted by Gasteiger charge is 2.53. The summed E-state index contributed by atoms with van der Waals surface area (Å²) < 4.78 is 2.20. The zero-order valence-electron chi connectivity index (χ0n) is 13.2. The molecule has 2 aliphatic rings. The molecular weight excluding hydrogens is 324 g/mol. The van der Waals surface area contributed by atoms with Gasteiger partial charge in [-0.2, -0.15) is 0 Å². The summed E-state index contributed by atoms with van der Waals surface area (Å²) in [6.45, 7) is 3.69. The highest BCUT2D eigenvalue weighted by molar-refractivity contribution is 8.13. The van der Waals surface area contributed by atoms with Crippen molar-refractivity contribution in [1.29, 1.82) is 0 Å². The third-order valence-electron chi connectivity index (χ3n) is 4.62. The summed E-state index contributed by atoms with van der Waals surface area (Å²) in [4.78, 5) is 3.31. The minimum Gasteiger partial charge on any atom is -0.346 e. The van der Waals surface area contributed by atoms with Crippen LogP contribution in [-0.2, 0) is 12.1 Å². The molecule has 120 valence electrons. The first-order valence-corrected chi connectivity index (χ1v) is 9.99. The second kappa shape index (κ2) is 5.96. The van der Waals surface area contributed by atoms with Crippen molar-refractivity contribution < 1.29 is 9.68 Å². The molecule has 1 atom stereocenters.